The Bertz CT molecular complexity index is 1270. The van der Waals surface area contributed by atoms with E-state index in [1.807, 2.05) is 19.1 Å². The number of nitrogens with one attached hydrogen (secondary N) is 2. The summed E-state index contributed by atoms with van der Waals surface area (Å²) in [4.78, 5) is 13.5. The lowest BCUT2D eigenvalue weighted by Gasteiger charge is -2.40. The summed E-state index contributed by atoms with van der Waals surface area (Å²) in [7, 11) is -3.38. The first-order chi connectivity index (χ1) is 19.6. The summed E-state index contributed by atoms with van der Waals surface area (Å²) in [5.41, 5.74) is 8.35. The molecule has 0 aromatic heterocycles. The van der Waals surface area contributed by atoms with E-state index in [0.29, 0.717) is 68.3 Å². The normalized spacial score (nSPS) is 22.3. The number of sulfonamides is 1. The topological polar surface area (TPSA) is 114 Å². The summed E-state index contributed by atoms with van der Waals surface area (Å²) in [6.45, 7) is 4.38. The Morgan fingerprint density at radius 1 is 1.17 bits per heavy atom. The molecule has 4 N–H and O–H groups in total. The Morgan fingerprint density at radius 3 is 2.51 bits per heavy atom. The third kappa shape index (κ3) is 8.06. The van der Waals surface area contributed by atoms with Gasteiger partial charge >= 0.3 is 0 Å². The number of nitrogens with zero attached hydrogens (tertiary/aromatic N) is 1. The minimum Gasteiger partial charge on any atom is -0.381 e. The highest BCUT2D eigenvalue weighted by atomic mass is 35.5. The standard InChI is InChI=1S/C30H42ClFN4O4S/c1-3-23-18-34-19-24(36(23)41(2,38)39)6-4-7-25-26(32)8-5-9-27(25)35-30(37)29(33)28(21-14-16-40-17-15-21)20-10-12-22(31)13-11-20/h5,8-13,21,23-24,28-29,34H,3-4,6-7,14-19,33H2,1-2H3,(H,35,37)/t23-,24+,28?,29+/m1/s1. The summed E-state index contributed by atoms with van der Waals surface area (Å²) in [5, 5.41) is 6.85. The van der Waals surface area contributed by atoms with E-state index in [1.54, 1.807) is 28.6 Å². The van der Waals surface area contributed by atoms with Gasteiger partial charge in [-0.15, -0.1) is 0 Å². The van der Waals surface area contributed by atoms with E-state index in [4.69, 9.17) is 22.1 Å². The fourth-order valence-electron chi connectivity index (χ4n) is 6.35. The van der Waals surface area contributed by atoms with E-state index in [1.165, 1.54) is 12.3 Å². The summed E-state index contributed by atoms with van der Waals surface area (Å²) >= 11 is 6.12. The molecule has 0 saturated carbocycles. The molecular weight excluding hydrogens is 567 g/mol. The number of hydrogen-bond acceptors (Lipinski definition) is 6. The molecule has 2 heterocycles. The van der Waals surface area contributed by atoms with Crippen LogP contribution in [0.3, 0.4) is 0 Å². The zero-order chi connectivity index (χ0) is 29.6. The van der Waals surface area contributed by atoms with Crippen molar-refractivity contribution in [3.8, 4) is 0 Å². The maximum Gasteiger partial charge on any atom is 0.241 e. The second kappa shape index (κ2) is 14.4. The zero-order valence-corrected chi connectivity index (χ0v) is 25.4. The molecule has 0 bridgehead atoms. The van der Waals surface area contributed by atoms with Crippen molar-refractivity contribution in [2.75, 3.05) is 37.9 Å². The van der Waals surface area contributed by atoms with Crippen molar-refractivity contribution in [1.82, 2.24) is 9.62 Å². The van der Waals surface area contributed by atoms with E-state index in [9.17, 15) is 13.2 Å². The average Bonchev–Trinajstić information content (AvgIpc) is 2.95. The number of anilines is 1. The highest BCUT2D eigenvalue weighted by Gasteiger charge is 2.36. The number of ether oxygens (including phenoxy) is 1. The molecule has 2 aliphatic heterocycles. The number of amides is 1. The molecule has 2 aromatic carbocycles. The molecule has 4 atom stereocenters. The number of nitrogens with two attached hydrogens (primary N) is 1. The van der Waals surface area contributed by atoms with Gasteiger partial charge < -0.3 is 21.1 Å². The molecule has 1 unspecified atom stereocenters. The third-order valence-corrected chi connectivity index (χ3v) is 10.0. The Kier molecular flexibility index (Phi) is 11.2. The Hall–Kier alpha value is -2.08. The summed E-state index contributed by atoms with van der Waals surface area (Å²) < 4.78 is 47.3. The molecule has 2 aliphatic rings. The van der Waals surface area contributed by atoms with Crippen LogP contribution in [-0.4, -0.2) is 69.3 Å². The van der Waals surface area contributed by atoms with Crippen molar-refractivity contribution in [2.24, 2.45) is 11.7 Å². The largest absolute Gasteiger partial charge is 0.381 e. The van der Waals surface area contributed by atoms with Gasteiger partial charge in [-0.3, -0.25) is 4.79 Å². The van der Waals surface area contributed by atoms with Gasteiger partial charge in [0.25, 0.3) is 0 Å². The van der Waals surface area contributed by atoms with Crippen LogP contribution in [0, 0.1) is 11.7 Å². The van der Waals surface area contributed by atoms with E-state index < -0.39 is 21.9 Å². The molecule has 0 spiro atoms. The molecule has 226 valence electrons. The van der Waals surface area contributed by atoms with Crippen LogP contribution in [0.5, 0.6) is 0 Å². The molecule has 41 heavy (non-hydrogen) atoms. The fourth-order valence-corrected chi connectivity index (χ4v) is 7.96. The molecule has 0 aliphatic carbocycles. The number of piperazine rings is 1. The molecule has 8 nitrogen and oxygen atoms in total. The van der Waals surface area contributed by atoms with Crippen molar-refractivity contribution in [3.63, 3.8) is 0 Å². The number of benzene rings is 2. The summed E-state index contributed by atoms with van der Waals surface area (Å²) in [6.07, 6.45) is 5.02. The molecular formula is C30H42ClFN4O4S. The summed E-state index contributed by atoms with van der Waals surface area (Å²) in [5.74, 6) is -0.885. The lowest BCUT2D eigenvalue weighted by molar-refractivity contribution is -0.118. The summed E-state index contributed by atoms with van der Waals surface area (Å²) in [6, 6.07) is 10.9. The smallest absolute Gasteiger partial charge is 0.241 e. The van der Waals surface area contributed by atoms with Gasteiger partial charge in [0.15, 0.2) is 0 Å². The lowest BCUT2D eigenvalue weighted by Crippen LogP contribution is -2.58. The first-order valence-corrected chi connectivity index (χ1v) is 16.7. The Labute approximate surface area is 248 Å². The van der Waals surface area contributed by atoms with Crippen LogP contribution in [-0.2, 0) is 26.0 Å². The maximum absolute atomic E-state index is 15.1. The monoisotopic (exact) mass is 608 g/mol. The fraction of sp³-hybridized carbons (Fsp3) is 0.567. The van der Waals surface area contributed by atoms with Crippen LogP contribution >= 0.6 is 11.6 Å². The molecule has 4 rings (SSSR count). The first kappa shape index (κ1) is 31.8. The predicted octanol–water partition coefficient (Wildman–Crippen LogP) is 4.29. The van der Waals surface area contributed by atoms with Crippen molar-refractivity contribution in [2.45, 2.75) is 69.5 Å². The maximum atomic E-state index is 15.1. The van der Waals surface area contributed by atoms with Crippen molar-refractivity contribution >= 4 is 33.2 Å². The minimum absolute atomic E-state index is 0.0992. The van der Waals surface area contributed by atoms with Crippen LogP contribution in [0.2, 0.25) is 5.02 Å². The van der Waals surface area contributed by atoms with Crippen molar-refractivity contribution in [1.29, 1.82) is 0 Å². The van der Waals surface area contributed by atoms with Gasteiger partial charge in [-0.05, 0) is 74.3 Å². The van der Waals surface area contributed by atoms with Gasteiger partial charge in [0.1, 0.15) is 5.82 Å². The van der Waals surface area contributed by atoms with Gasteiger partial charge in [-0.25, -0.2) is 12.8 Å². The van der Waals surface area contributed by atoms with Gasteiger partial charge in [0.05, 0.1) is 12.3 Å². The molecule has 0 radical (unpaired) electrons. The molecule has 2 saturated heterocycles. The molecule has 2 fully saturated rings. The van der Waals surface area contributed by atoms with Crippen LogP contribution in [0.25, 0.3) is 0 Å². The van der Waals surface area contributed by atoms with Gasteiger partial charge in [-0.1, -0.05) is 36.7 Å². The predicted molar refractivity (Wildman–Crippen MR) is 161 cm³/mol. The van der Waals surface area contributed by atoms with Crippen LogP contribution in [0.4, 0.5) is 10.1 Å². The lowest BCUT2D eigenvalue weighted by atomic mass is 9.76. The number of hydrogen-bond donors (Lipinski definition) is 3. The van der Waals surface area contributed by atoms with Gasteiger partial charge in [0, 0.05) is 60.6 Å². The molecule has 1 amide bonds. The number of carbonyl (C=O) groups excluding carboxylic acids is 1. The van der Waals surface area contributed by atoms with E-state index in [-0.39, 0.29) is 29.8 Å². The number of rotatable bonds is 11. The second-order valence-corrected chi connectivity index (χ2v) is 13.5. The minimum atomic E-state index is -3.38. The molecule has 11 heteroatoms. The van der Waals surface area contributed by atoms with Crippen molar-refractivity contribution < 1.29 is 22.3 Å². The number of carbonyl (C=O) groups is 1. The average molecular weight is 609 g/mol. The van der Waals surface area contributed by atoms with E-state index >= 15 is 4.39 Å². The Morgan fingerprint density at radius 2 is 1.85 bits per heavy atom. The first-order valence-electron chi connectivity index (χ1n) is 14.5. The molecule has 2 aromatic rings. The highest BCUT2D eigenvalue weighted by Crippen LogP contribution is 2.35. The van der Waals surface area contributed by atoms with Gasteiger partial charge in [-0.2, -0.15) is 4.31 Å². The van der Waals surface area contributed by atoms with E-state index in [2.05, 4.69) is 10.6 Å². The van der Waals surface area contributed by atoms with Crippen LogP contribution in [0.1, 0.15) is 56.1 Å². The van der Waals surface area contributed by atoms with Crippen molar-refractivity contribution in [3.05, 3.63) is 64.4 Å². The van der Waals surface area contributed by atoms with E-state index in [0.717, 1.165) is 18.4 Å². The second-order valence-electron chi connectivity index (χ2n) is 11.2. The zero-order valence-electron chi connectivity index (χ0n) is 23.8. The Balaban J connectivity index is 1.48. The number of halogens is 2. The third-order valence-electron chi connectivity index (χ3n) is 8.39. The van der Waals surface area contributed by atoms with Crippen LogP contribution < -0.4 is 16.4 Å². The quantitative estimate of drug-likeness (QED) is 0.351. The highest BCUT2D eigenvalue weighted by molar-refractivity contribution is 7.88. The van der Waals surface area contributed by atoms with Crippen LogP contribution in [0.15, 0.2) is 42.5 Å². The van der Waals surface area contributed by atoms with Gasteiger partial charge in [0.2, 0.25) is 15.9 Å². The SMILES string of the molecule is CC[C@@H]1CNC[C@H](CCCc2c(F)cccc2NC(=O)[C@@H](N)C(c2ccc(Cl)cc2)C2CCOCC2)N1S(C)(=O)=O.